The van der Waals surface area contributed by atoms with Crippen molar-refractivity contribution in [1.29, 1.82) is 0 Å². The molecule has 156 valence electrons. The van der Waals surface area contributed by atoms with Gasteiger partial charge in [-0.05, 0) is 75.9 Å². The first-order valence-electron chi connectivity index (χ1n) is 9.89. The molecule has 4 nitrogen and oxygen atoms in total. The van der Waals surface area contributed by atoms with Crippen molar-refractivity contribution in [3.05, 3.63) is 98.9 Å². The SMILES string of the molecule is O=C(Nc1ccccc1Br)N1CCc2c([nH]c3ccc(Cl)cc23)[C@@H]1c1ccc(F)cc1. The number of para-hydroxylation sites is 1. The number of amides is 2. The summed E-state index contributed by atoms with van der Waals surface area (Å²) in [5, 5.41) is 4.72. The van der Waals surface area contributed by atoms with Crippen LogP contribution in [0.2, 0.25) is 5.02 Å². The summed E-state index contributed by atoms with van der Waals surface area (Å²) in [6.07, 6.45) is 0.691. The van der Waals surface area contributed by atoms with Crippen molar-refractivity contribution in [3.63, 3.8) is 0 Å². The van der Waals surface area contributed by atoms with Crippen molar-refractivity contribution >= 4 is 50.2 Å². The Kier molecular flexibility index (Phi) is 5.20. The summed E-state index contributed by atoms with van der Waals surface area (Å²) in [4.78, 5) is 18.6. The zero-order chi connectivity index (χ0) is 21.5. The Hall–Kier alpha value is -2.83. The van der Waals surface area contributed by atoms with E-state index in [9.17, 15) is 9.18 Å². The highest BCUT2D eigenvalue weighted by atomic mass is 79.9. The lowest BCUT2D eigenvalue weighted by atomic mass is 9.92. The fourth-order valence-electron chi connectivity index (χ4n) is 4.22. The van der Waals surface area contributed by atoms with Crippen molar-refractivity contribution in [2.45, 2.75) is 12.5 Å². The van der Waals surface area contributed by atoms with E-state index in [1.807, 2.05) is 42.5 Å². The highest BCUT2D eigenvalue weighted by Gasteiger charge is 2.34. The average molecular weight is 499 g/mol. The van der Waals surface area contributed by atoms with Crippen molar-refractivity contribution < 1.29 is 9.18 Å². The second-order valence-corrected chi connectivity index (χ2v) is 8.81. The lowest BCUT2D eigenvalue weighted by molar-refractivity contribution is 0.193. The van der Waals surface area contributed by atoms with Gasteiger partial charge in [-0.25, -0.2) is 9.18 Å². The molecular formula is C24H18BrClFN3O. The maximum atomic E-state index is 13.6. The number of aromatic nitrogens is 1. The van der Waals surface area contributed by atoms with Crippen LogP contribution >= 0.6 is 27.5 Å². The summed E-state index contributed by atoms with van der Waals surface area (Å²) in [7, 11) is 0. The van der Waals surface area contributed by atoms with Gasteiger partial charge in [0.05, 0.1) is 11.7 Å². The van der Waals surface area contributed by atoms with E-state index in [4.69, 9.17) is 11.6 Å². The Balaban J connectivity index is 1.60. The number of nitrogens with one attached hydrogen (secondary N) is 2. The van der Waals surface area contributed by atoms with Crippen LogP contribution in [0.3, 0.4) is 0 Å². The molecule has 7 heteroatoms. The number of aromatic amines is 1. The van der Waals surface area contributed by atoms with Gasteiger partial charge in [-0.15, -0.1) is 0 Å². The summed E-state index contributed by atoms with van der Waals surface area (Å²) >= 11 is 9.72. The van der Waals surface area contributed by atoms with Crippen LogP contribution in [-0.4, -0.2) is 22.5 Å². The normalized spacial score (nSPS) is 15.7. The molecule has 0 aliphatic carbocycles. The number of H-pyrrole nitrogens is 1. The molecule has 5 rings (SSSR count). The van der Waals surface area contributed by atoms with Gasteiger partial charge in [-0.3, -0.25) is 0 Å². The molecule has 2 amide bonds. The molecule has 0 saturated carbocycles. The van der Waals surface area contributed by atoms with E-state index < -0.39 is 0 Å². The molecular weight excluding hydrogens is 481 g/mol. The predicted molar refractivity (Wildman–Crippen MR) is 125 cm³/mol. The van der Waals surface area contributed by atoms with E-state index >= 15 is 0 Å². The highest BCUT2D eigenvalue weighted by Crippen LogP contribution is 2.39. The van der Waals surface area contributed by atoms with Crippen LogP contribution in [0.4, 0.5) is 14.9 Å². The number of benzene rings is 3. The van der Waals surface area contributed by atoms with Crippen LogP contribution in [0.15, 0.2) is 71.2 Å². The van der Waals surface area contributed by atoms with Gasteiger partial charge in [-0.1, -0.05) is 35.9 Å². The fourth-order valence-corrected chi connectivity index (χ4v) is 4.78. The lowest BCUT2D eigenvalue weighted by Crippen LogP contribution is -2.43. The number of urea groups is 1. The molecule has 0 radical (unpaired) electrons. The smallest absolute Gasteiger partial charge is 0.322 e. The Morgan fingerprint density at radius 2 is 1.90 bits per heavy atom. The predicted octanol–water partition coefficient (Wildman–Crippen LogP) is 6.90. The van der Waals surface area contributed by atoms with Gasteiger partial charge in [0, 0.05) is 32.6 Å². The number of carbonyl (C=O) groups is 1. The van der Waals surface area contributed by atoms with Crippen LogP contribution in [0, 0.1) is 5.82 Å². The van der Waals surface area contributed by atoms with Gasteiger partial charge in [0.1, 0.15) is 5.82 Å². The average Bonchev–Trinajstić information content (AvgIpc) is 3.13. The summed E-state index contributed by atoms with van der Waals surface area (Å²) < 4.78 is 14.4. The van der Waals surface area contributed by atoms with Crippen molar-refractivity contribution in [2.24, 2.45) is 0 Å². The van der Waals surface area contributed by atoms with E-state index in [0.717, 1.165) is 32.2 Å². The molecule has 31 heavy (non-hydrogen) atoms. The van der Waals surface area contributed by atoms with E-state index in [2.05, 4.69) is 26.2 Å². The second-order valence-electron chi connectivity index (χ2n) is 7.51. The minimum Gasteiger partial charge on any atom is -0.356 e. The van der Waals surface area contributed by atoms with E-state index in [-0.39, 0.29) is 17.9 Å². The summed E-state index contributed by atoms with van der Waals surface area (Å²) in [6.45, 7) is 0.519. The number of hydrogen-bond acceptors (Lipinski definition) is 1. The number of fused-ring (bicyclic) bond motifs is 3. The summed E-state index contributed by atoms with van der Waals surface area (Å²) in [5.74, 6) is -0.313. The Bertz CT molecular complexity index is 1290. The molecule has 0 saturated heterocycles. The Labute approximate surface area is 192 Å². The summed E-state index contributed by atoms with van der Waals surface area (Å²) in [6, 6.07) is 18.9. The van der Waals surface area contributed by atoms with Gasteiger partial charge in [0.25, 0.3) is 0 Å². The molecule has 1 atom stereocenters. The highest BCUT2D eigenvalue weighted by molar-refractivity contribution is 9.10. The van der Waals surface area contributed by atoms with E-state index in [0.29, 0.717) is 23.7 Å². The lowest BCUT2D eigenvalue weighted by Gasteiger charge is -2.36. The first kappa shape index (κ1) is 20.1. The minimum atomic E-state index is -0.377. The molecule has 0 spiro atoms. The molecule has 0 bridgehead atoms. The van der Waals surface area contributed by atoms with Crippen LogP contribution in [0.5, 0.6) is 0 Å². The zero-order valence-electron chi connectivity index (χ0n) is 16.3. The third-order valence-electron chi connectivity index (χ3n) is 5.65. The number of anilines is 1. The van der Waals surface area contributed by atoms with Crippen LogP contribution in [0.25, 0.3) is 10.9 Å². The molecule has 1 aliphatic heterocycles. The number of nitrogens with zero attached hydrogens (tertiary/aromatic N) is 1. The first-order chi connectivity index (χ1) is 15.0. The Morgan fingerprint density at radius 1 is 1.13 bits per heavy atom. The van der Waals surface area contributed by atoms with Crippen molar-refractivity contribution in [3.8, 4) is 0 Å². The maximum Gasteiger partial charge on any atom is 0.322 e. The molecule has 3 aromatic carbocycles. The van der Waals surface area contributed by atoms with Crippen LogP contribution < -0.4 is 5.32 Å². The van der Waals surface area contributed by atoms with Crippen LogP contribution in [-0.2, 0) is 6.42 Å². The zero-order valence-corrected chi connectivity index (χ0v) is 18.7. The van der Waals surface area contributed by atoms with Gasteiger partial charge in [-0.2, -0.15) is 0 Å². The molecule has 1 aromatic heterocycles. The molecule has 4 aromatic rings. The number of halogens is 3. The van der Waals surface area contributed by atoms with Gasteiger partial charge in [0.2, 0.25) is 0 Å². The molecule has 1 aliphatic rings. The van der Waals surface area contributed by atoms with Crippen molar-refractivity contribution in [1.82, 2.24) is 9.88 Å². The number of rotatable bonds is 2. The van der Waals surface area contributed by atoms with E-state index in [1.165, 1.54) is 12.1 Å². The molecule has 2 heterocycles. The quantitative estimate of drug-likeness (QED) is 0.310. The number of hydrogen-bond donors (Lipinski definition) is 2. The molecule has 2 N–H and O–H groups in total. The second kappa shape index (κ2) is 8.02. The number of carbonyl (C=O) groups excluding carboxylic acids is 1. The minimum absolute atomic E-state index is 0.219. The third-order valence-corrected chi connectivity index (χ3v) is 6.58. The maximum absolute atomic E-state index is 13.6. The fraction of sp³-hybridized carbons (Fsp3) is 0.125. The molecule has 0 unspecified atom stereocenters. The van der Waals surface area contributed by atoms with Crippen LogP contribution in [0.1, 0.15) is 22.9 Å². The van der Waals surface area contributed by atoms with E-state index in [1.54, 1.807) is 17.0 Å². The standard InChI is InChI=1S/C24H18BrClFN3O/c25-19-3-1-2-4-21(19)29-24(31)30-12-11-17-18-13-15(26)7-10-20(18)28-22(17)23(30)14-5-8-16(27)9-6-14/h1-10,13,23,28H,11-12H2,(H,29,31)/t23-/m0/s1. The van der Waals surface area contributed by atoms with Crippen molar-refractivity contribution in [2.75, 3.05) is 11.9 Å². The van der Waals surface area contributed by atoms with Gasteiger partial charge in [0.15, 0.2) is 0 Å². The summed E-state index contributed by atoms with van der Waals surface area (Å²) in [5.41, 5.74) is 4.56. The monoisotopic (exact) mass is 497 g/mol. The van der Waals surface area contributed by atoms with Gasteiger partial charge >= 0.3 is 6.03 Å². The third kappa shape index (κ3) is 3.70. The molecule has 0 fully saturated rings. The largest absolute Gasteiger partial charge is 0.356 e. The van der Waals surface area contributed by atoms with Gasteiger partial charge < -0.3 is 15.2 Å². The first-order valence-corrected chi connectivity index (χ1v) is 11.1. The topological polar surface area (TPSA) is 48.1 Å². The Morgan fingerprint density at radius 3 is 2.68 bits per heavy atom.